The van der Waals surface area contributed by atoms with Gasteiger partial charge in [-0.25, -0.2) is 9.78 Å². The number of aromatic nitrogens is 2. The number of hydrogen-bond acceptors (Lipinski definition) is 6. The molecule has 4 aromatic rings. The normalized spacial score (nSPS) is 14.6. The number of rotatable bonds is 6. The molecule has 1 fully saturated rings. The first-order valence-electron chi connectivity index (χ1n) is 11.9. The van der Waals surface area contributed by atoms with Gasteiger partial charge in [-0.2, -0.15) is 0 Å². The van der Waals surface area contributed by atoms with E-state index in [2.05, 4.69) is 9.88 Å². The lowest BCUT2D eigenvalue weighted by Crippen LogP contribution is -2.33. The molecule has 186 valence electrons. The van der Waals surface area contributed by atoms with Crippen molar-refractivity contribution in [3.63, 3.8) is 0 Å². The maximum absolute atomic E-state index is 13.0. The number of ether oxygens (including phenoxy) is 1. The molecule has 1 saturated heterocycles. The molecule has 9 heteroatoms. The largest absolute Gasteiger partial charge is 0.473 e. The highest BCUT2D eigenvalue weighted by molar-refractivity contribution is 7.19. The average Bonchev–Trinajstić information content (AvgIpc) is 3.16. The Balaban J connectivity index is 1.41. The number of thiophene rings is 1. The van der Waals surface area contributed by atoms with E-state index in [0.717, 1.165) is 39.2 Å². The topological polar surface area (TPSA) is 87.9 Å². The molecule has 5 rings (SSSR count). The van der Waals surface area contributed by atoms with Gasteiger partial charge in [0.2, 0.25) is 5.88 Å². The molecule has 0 saturated carbocycles. The van der Waals surface area contributed by atoms with E-state index in [4.69, 9.17) is 4.74 Å². The number of pyridine rings is 2. The molecule has 1 aromatic carbocycles. The van der Waals surface area contributed by atoms with Crippen molar-refractivity contribution in [1.82, 2.24) is 19.4 Å². The standard InChI is InChI=1S/C27H28N4O4S/c1-29-17-23(20-8-9-28-24(14-20)35-18-19-6-3-2-4-7-19)25-22(26(29)32)15-21(36-25)16-30-10-5-11-31(13-12-30)27(33)34/h2-4,6-9,14-15,17H,5,10-13,16,18H2,1H3,(H,33,34). The van der Waals surface area contributed by atoms with E-state index in [9.17, 15) is 14.7 Å². The summed E-state index contributed by atoms with van der Waals surface area (Å²) in [6.45, 7) is 3.68. The van der Waals surface area contributed by atoms with Crippen LogP contribution in [-0.4, -0.2) is 56.7 Å². The lowest BCUT2D eigenvalue weighted by molar-refractivity contribution is 0.146. The van der Waals surface area contributed by atoms with Gasteiger partial charge in [-0.3, -0.25) is 9.69 Å². The predicted octanol–water partition coefficient (Wildman–Crippen LogP) is 4.43. The lowest BCUT2D eigenvalue weighted by Gasteiger charge is -2.19. The van der Waals surface area contributed by atoms with Gasteiger partial charge in [-0.15, -0.1) is 11.3 Å². The van der Waals surface area contributed by atoms with Gasteiger partial charge in [-0.05, 0) is 29.7 Å². The molecule has 1 N–H and O–H groups in total. The van der Waals surface area contributed by atoms with Crippen LogP contribution in [0.4, 0.5) is 4.79 Å². The summed E-state index contributed by atoms with van der Waals surface area (Å²) >= 11 is 1.62. The second kappa shape index (κ2) is 10.5. The van der Waals surface area contributed by atoms with Crippen LogP contribution >= 0.6 is 11.3 Å². The first-order chi connectivity index (χ1) is 17.5. The number of amides is 1. The van der Waals surface area contributed by atoms with Gasteiger partial charge in [0.15, 0.2) is 0 Å². The zero-order chi connectivity index (χ0) is 25.1. The molecule has 0 atom stereocenters. The molecule has 0 bridgehead atoms. The Labute approximate surface area is 213 Å². The third-order valence-corrected chi connectivity index (χ3v) is 7.57. The summed E-state index contributed by atoms with van der Waals surface area (Å²) in [6, 6.07) is 15.8. The molecule has 0 radical (unpaired) electrons. The van der Waals surface area contributed by atoms with Crippen molar-refractivity contribution in [3.8, 4) is 17.0 Å². The van der Waals surface area contributed by atoms with Crippen molar-refractivity contribution in [3.05, 3.63) is 81.7 Å². The smallest absolute Gasteiger partial charge is 0.407 e. The zero-order valence-electron chi connectivity index (χ0n) is 20.1. The fraction of sp³-hybridized carbons (Fsp3) is 0.296. The summed E-state index contributed by atoms with van der Waals surface area (Å²) in [6.07, 6.45) is 3.54. The minimum Gasteiger partial charge on any atom is -0.473 e. The molecule has 0 aliphatic carbocycles. The molecule has 0 unspecified atom stereocenters. The van der Waals surface area contributed by atoms with Crippen LogP contribution < -0.4 is 10.3 Å². The summed E-state index contributed by atoms with van der Waals surface area (Å²) < 4.78 is 8.50. The van der Waals surface area contributed by atoms with E-state index >= 15 is 0 Å². The summed E-state index contributed by atoms with van der Waals surface area (Å²) in [5, 5.41) is 9.99. The minimum atomic E-state index is -0.865. The van der Waals surface area contributed by atoms with E-state index in [1.165, 1.54) is 4.90 Å². The van der Waals surface area contributed by atoms with Gasteiger partial charge in [-0.1, -0.05) is 30.3 Å². The highest BCUT2D eigenvalue weighted by Gasteiger charge is 2.20. The Morgan fingerprint density at radius 1 is 1.11 bits per heavy atom. The van der Waals surface area contributed by atoms with Crippen molar-refractivity contribution >= 4 is 27.5 Å². The van der Waals surface area contributed by atoms with Crippen LogP contribution in [0.1, 0.15) is 16.9 Å². The maximum atomic E-state index is 13.0. The van der Waals surface area contributed by atoms with Crippen LogP contribution in [-0.2, 0) is 20.2 Å². The molecule has 8 nitrogen and oxygen atoms in total. The van der Waals surface area contributed by atoms with Crippen LogP contribution in [0.3, 0.4) is 0 Å². The third-order valence-electron chi connectivity index (χ3n) is 6.42. The molecule has 0 spiro atoms. The summed E-state index contributed by atoms with van der Waals surface area (Å²) in [4.78, 5) is 33.5. The van der Waals surface area contributed by atoms with E-state index in [1.54, 1.807) is 29.1 Å². The number of carbonyl (C=O) groups is 1. The van der Waals surface area contributed by atoms with Crippen molar-refractivity contribution < 1.29 is 14.6 Å². The Morgan fingerprint density at radius 2 is 1.94 bits per heavy atom. The number of carboxylic acid groups (broad SMARTS) is 1. The molecule has 1 aliphatic rings. The number of hydrogen-bond donors (Lipinski definition) is 1. The van der Waals surface area contributed by atoms with Crippen molar-refractivity contribution in [1.29, 1.82) is 0 Å². The highest BCUT2D eigenvalue weighted by atomic mass is 32.1. The quantitative estimate of drug-likeness (QED) is 0.418. The Bertz CT molecular complexity index is 1430. The number of aryl methyl sites for hydroxylation is 1. The fourth-order valence-electron chi connectivity index (χ4n) is 4.51. The monoisotopic (exact) mass is 504 g/mol. The SMILES string of the molecule is Cn1cc(-c2ccnc(OCc3ccccc3)c2)c2sc(CN3CCCN(C(=O)O)CC3)cc2c1=O. The average molecular weight is 505 g/mol. The van der Waals surface area contributed by atoms with Crippen LogP contribution in [0.5, 0.6) is 5.88 Å². The maximum Gasteiger partial charge on any atom is 0.407 e. The summed E-state index contributed by atoms with van der Waals surface area (Å²) in [7, 11) is 1.77. The van der Waals surface area contributed by atoms with Crippen LogP contribution in [0, 0.1) is 0 Å². The minimum absolute atomic E-state index is 0.0289. The number of benzene rings is 1. The third kappa shape index (κ3) is 5.27. The molecule has 36 heavy (non-hydrogen) atoms. The van der Waals surface area contributed by atoms with Crippen molar-refractivity contribution in [2.75, 3.05) is 26.2 Å². The first kappa shape index (κ1) is 24.0. The van der Waals surface area contributed by atoms with Crippen molar-refractivity contribution in [2.24, 2.45) is 7.05 Å². The summed E-state index contributed by atoms with van der Waals surface area (Å²) in [5.74, 6) is 0.530. The van der Waals surface area contributed by atoms with Crippen LogP contribution in [0.2, 0.25) is 0 Å². The van der Waals surface area contributed by atoms with E-state index in [0.29, 0.717) is 44.1 Å². The van der Waals surface area contributed by atoms with E-state index in [1.807, 2.05) is 54.7 Å². The van der Waals surface area contributed by atoms with Gasteiger partial charge in [0.1, 0.15) is 6.61 Å². The Kier molecular flexibility index (Phi) is 7.02. The molecule has 3 aromatic heterocycles. The Hall–Kier alpha value is -3.69. The van der Waals surface area contributed by atoms with E-state index < -0.39 is 6.09 Å². The molecule has 1 aliphatic heterocycles. The van der Waals surface area contributed by atoms with Gasteiger partial charge in [0.05, 0.1) is 5.39 Å². The van der Waals surface area contributed by atoms with Crippen LogP contribution in [0.25, 0.3) is 21.2 Å². The fourth-order valence-corrected chi connectivity index (χ4v) is 5.74. The van der Waals surface area contributed by atoms with E-state index in [-0.39, 0.29) is 5.56 Å². The van der Waals surface area contributed by atoms with Gasteiger partial charge >= 0.3 is 6.09 Å². The molecule has 4 heterocycles. The molecular weight excluding hydrogens is 476 g/mol. The van der Waals surface area contributed by atoms with Crippen molar-refractivity contribution in [2.45, 2.75) is 19.6 Å². The summed E-state index contributed by atoms with van der Waals surface area (Å²) in [5.41, 5.74) is 2.94. The first-order valence-corrected chi connectivity index (χ1v) is 12.7. The predicted molar refractivity (Wildman–Crippen MR) is 141 cm³/mol. The lowest BCUT2D eigenvalue weighted by atomic mass is 10.1. The Morgan fingerprint density at radius 3 is 2.75 bits per heavy atom. The van der Waals surface area contributed by atoms with Gasteiger partial charge in [0, 0.05) is 73.4 Å². The molecule has 1 amide bonds. The van der Waals surface area contributed by atoms with Gasteiger partial charge in [0.25, 0.3) is 5.56 Å². The zero-order valence-corrected chi connectivity index (χ0v) is 20.9. The number of fused-ring (bicyclic) bond motifs is 1. The van der Waals surface area contributed by atoms with Crippen LogP contribution in [0.15, 0.2) is 65.7 Å². The van der Waals surface area contributed by atoms with Gasteiger partial charge < -0.3 is 19.3 Å². The number of nitrogens with zero attached hydrogens (tertiary/aromatic N) is 4. The molecular formula is C27H28N4O4S. The second-order valence-electron chi connectivity index (χ2n) is 8.97. The highest BCUT2D eigenvalue weighted by Crippen LogP contribution is 2.34. The second-order valence-corrected chi connectivity index (χ2v) is 10.1.